The zero-order valence-electron chi connectivity index (χ0n) is 13.3. The maximum absolute atomic E-state index is 11.9. The Labute approximate surface area is 128 Å². The zero-order chi connectivity index (χ0) is 15.1. The third-order valence-electron chi connectivity index (χ3n) is 4.54. The number of carbonyl (C=O) groups is 1. The van der Waals surface area contributed by atoms with Gasteiger partial charge in [0.15, 0.2) is 0 Å². The van der Waals surface area contributed by atoms with Crippen LogP contribution < -0.4 is 5.32 Å². The first-order valence-corrected chi connectivity index (χ1v) is 8.20. The maximum atomic E-state index is 11.9. The summed E-state index contributed by atoms with van der Waals surface area (Å²) in [4.78, 5) is 11.9. The number of allylic oxidation sites excluding steroid dienone is 1. The zero-order valence-corrected chi connectivity index (χ0v) is 13.3. The second kappa shape index (κ2) is 8.02. The summed E-state index contributed by atoms with van der Waals surface area (Å²) in [5.41, 5.74) is 2.32. The Hall–Kier alpha value is -1.57. The molecule has 1 fully saturated rings. The van der Waals surface area contributed by atoms with Crippen molar-refractivity contribution in [1.82, 2.24) is 5.32 Å². The number of nitrogens with one attached hydrogen (secondary N) is 1. The van der Waals surface area contributed by atoms with E-state index in [1.165, 1.54) is 31.2 Å². The Morgan fingerprint density at radius 1 is 1.19 bits per heavy atom. The molecule has 2 nitrogen and oxygen atoms in total. The monoisotopic (exact) mass is 285 g/mol. The van der Waals surface area contributed by atoms with E-state index in [0.29, 0.717) is 11.8 Å². The Kier molecular flexibility index (Phi) is 6.04. The minimum absolute atomic E-state index is 0.0991. The summed E-state index contributed by atoms with van der Waals surface area (Å²) in [6.45, 7) is 4.78. The van der Waals surface area contributed by atoms with E-state index in [9.17, 15) is 4.79 Å². The summed E-state index contributed by atoms with van der Waals surface area (Å²) in [6.07, 6.45) is 7.83. The summed E-state index contributed by atoms with van der Waals surface area (Å²) in [6, 6.07) is 10.8. The van der Waals surface area contributed by atoms with E-state index in [1.54, 1.807) is 0 Å². The van der Waals surface area contributed by atoms with Gasteiger partial charge in [0.25, 0.3) is 0 Å². The van der Waals surface area contributed by atoms with Gasteiger partial charge >= 0.3 is 0 Å². The second-order valence-corrected chi connectivity index (χ2v) is 6.13. The fourth-order valence-electron chi connectivity index (χ4n) is 3.20. The Bertz CT molecular complexity index is 470. The average Bonchev–Trinajstić information content (AvgIpc) is 2.54. The molecule has 1 amide bonds. The highest BCUT2D eigenvalue weighted by Gasteiger charge is 2.22. The van der Waals surface area contributed by atoms with Crippen LogP contribution >= 0.6 is 0 Å². The molecule has 0 heterocycles. The third-order valence-corrected chi connectivity index (χ3v) is 4.54. The van der Waals surface area contributed by atoms with Crippen LogP contribution in [0.3, 0.4) is 0 Å². The first-order valence-electron chi connectivity index (χ1n) is 8.20. The molecule has 0 atom stereocenters. The molecule has 1 aliphatic rings. The van der Waals surface area contributed by atoms with Crippen molar-refractivity contribution in [2.24, 2.45) is 5.92 Å². The Morgan fingerprint density at radius 2 is 1.86 bits per heavy atom. The normalized spacial score (nSPS) is 22.9. The molecule has 0 aromatic heterocycles. The maximum Gasteiger partial charge on any atom is 0.246 e. The van der Waals surface area contributed by atoms with E-state index in [4.69, 9.17) is 0 Å². The van der Waals surface area contributed by atoms with Gasteiger partial charge in [-0.1, -0.05) is 43.3 Å². The molecule has 1 aliphatic carbocycles. The van der Waals surface area contributed by atoms with Crippen LogP contribution in [0.4, 0.5) is 0 Å². The quantitative estimate of drug-likeness (QED) is 0.797. The summed E-state index contributed by atoms with van der Waals surface area (Å²) in [5.74, 6) is 1.45. The number of amides is 1. The predicted octanol–water partition coefficient (Wildman–Crippen LogP) is 4.43. The molecule has 1 N–H and O–H groups in total. The van der Waals surface area contributed by atoms with Crippen LogP contribution in [0, 0.1) is 5.92 Å². The molecule has 2 heteroatoms. The summed E-state index contributed by atoms with van der Waals surface area (Å²) < 4.78 is 0. The fourth-order valence-corrected chi connectivity index (χ4v) is 3.20. The van der Waals surface area contributed by atoms with Gasteiger partial charge in [-0.25, -0.2) is 0 Å². The highest BCUT2D eigenvalue weighted by molar-refractivity contribution is 5.92. The van der Waals surface area contributed by atoms with E-state index in [1.807, 2.05) is 13.0 Å². The van der Waals surface area contributed by atoms with Gasteiger partial charge in [-0.3, -0.25) is 4.79 Å². The first-order chi connectivity index (χ1) is 10.2. The summed E-state index contributed by atoms with van der Waals surface area (Å²) in [5, 5.41) is 3.08. The van der Waals surface area contributed by atoms with Crippen LogP contribution in [0.1, 0.15) is 57.4 Å². The second-order valence-electron chi connectivity index (χ2n) is 6.13. The lowest BCUT2D eigenvalue weighted by Crippen LogP contribution is -2.31. The van der Waals surface area contributed by atoms with Gasteiger partial charge in [0.05, 0.1) is 0 Å². The van der Waals surface area contributed by atoms with Crippen LogP contribution in [0.15, 0.2) is 42.0 Å². The van der Waals surface area contributed by atoms with Gasteiger partial charge in [-0.05, 0) is 56.4 Å². The first kappa shape index (κ1) is 15.8. The minimum Gasteiger partial charge on any atom is -0.352 e. The molecule has 1 saturated carbocycles. The van der Waals surface area contributed by atoms with Gasteiger partial charge in [0.1, 0.15) is 0 Å². The number of hydrogen-bond donors (Lipinski definition) is 1. The lowest BCUT2D eigenvalue weighted by molar-refractivity contribution is -0.117. The number of carbonyl (C=O) groups excluding carboxylic acids is 1. The van der Waals surface area contributed by atoms with Crippen molar-refractivity contribution in [3.8, 4) is 0 Å². The van der Waals surface area contributed by atoms with E-state index < -0.39 is 0 Å². The van der Waals surface area contributed by atoms with Crippen LogP contribution in [0.2, 0.25) is 0 Å². The van der Waals surface area contributed by atoms with Crippen LogP contribution in [0.25, 0.3) is 0 Å². The molecule has 0 radical (unpaired) electrons. The minimum atomic E-state index is 0.0991. The fraction of sp³-hybridized carbons (Fsp3) is 0.526. The van der Waals surface area contributed by atoms with Crippen molar-refractivity contribution in [3.63, 3.8) is 0 Å². The molecule has 0 spiro atoms. The van der Waals surface area contributed by atoms with E-state index in [0.717, 1.165) is 18.5 Å². The van der Waals surface area contributed by atoms with Crippen molar-refractivity contribution < 1.29 is 4.79 Å². The molecule has 0 aliphatic heterocycles. The topological polar surface area (TPSA) is 29.1 Å². The molecular formula is C19H27NO. The molecule has 0 saturated heterocycles. The van der Waals surface area contributed by atoms with Gasteiger partial charge < -0.3 is 5.32 Å². The van der Waals surface area contributed by atoms with Gasteiger partial charge in [-0.2, -0.15) is 0 Å². The van der Waals surface area contributed by atoms with Crippen molar-refractivity contribution in [2.75, 3.05) is 6.54 Å². The molecular weight excluding hydrogens is 258 g/mol. The van der Waals surface area contributed by atoms with Crippen LogP contribution in [0.5, 0.6) is 0 Å². The number of hydrogen-bond acceptors (Lipinski definition) is 1. The smallest absolute Gasteiger partial charge is 0.246 e. The van der Waals surface area contributed by atoms with E-state index >= 15 is 0 Å². The lowest BCUT2D eigenvalue weighted by Gasteiger charge is -2.29. The third kappa shape index (κ3) is 4.73. The molecule has 1 aromatic carbocycles. The van der Waals surface area contributed by atoms with Crippen LogP contribution in [-0.2, 0) is 4.79 Å². The average molecular weight is 285 g/mol. The van der Waals surface area contributed by atoms with E-state index in [-0.39, 0.29) is 5.91 Å². The highest BCUT2D eigenvalue weighted by atomic mass is 16.1. The van der Waals surface area contributed by atoms with Gasteiger partial charge in [0.2, 0.25) is 5.91 Å². The summed E-state index contributed by atoms with van der Waals surface area (Å²) >= 11 is 0. The number of rotatable bonds is 5. The molecule has 2 rings (SSSR count). The SMILES string of the molecule is CCC=C(C)C(=O)NCC1CCC(c2ccccc2)CC1. The summed E-state index contributed by atoms with van der Waals surface area (Å²) in [7, 11) is 0. The van der Waals surface area contributed by atoms with E-state index in [2.05, 4.69) is 42.6 Å². The number of benzene rings is 1. The Balaban J connectivity index is 1.75. The molecule has 114 valence electrons. The molecule has 0 unspecified atom stereocenters. The molecule has 0 bridgehead atoms. The molecule has 1 aromatic rings. The molecule has 21 heavy (non-hydrogen) atoms. The van der Waals surface area contributed by atoms with Gasteiger partial charge in [0, 0.05) is 12.1 Å². The largest absolute Gasteiger partial charge is 0.352 e. The standard InChI is InChI=1S/C19H27NO/c1-3-7-15(2)19(21)20-14-16-10-12-18(13-11-16)17-8-5-4-6-9-17/h4-9,16,18H,3,10-14H2,1-2H3,(H,20,21). The predicted molar refractivity (Wildman–Crippen MR) is 88.2 cm³/mol. The Morgan fingerprint density at radius 3 is 2.48 bits per heavy atom. The highest BCUT2D eigenvalue weighted by Crippen LogP contribution is 2.35. The van der Waals surface area contributed by atoms with Crippen LogP contribution in [-0.4, -0.2) is 12.5 Å². The van der Waals surface area contributed by atoms with Crippen molar-refractivity contribution in [2.45, 2.75) is 51.9 Å². The van der Waals surface area contributed by atoms with Crippen molar-refractivity contribution in [3.05, 3.63) is 47.5 Å². The van der Waals surface area contributed by atoms with Crippen molar-refractivity contribution in [1.29, 1.82) is 0 Å². The lowest BCUT2D eigenvalue weighted by atomic mass is 9.78. The van der Waals surface area contributed by atoms with Gasteiger partial charge in [-0.15, -0.1) is 0 Å². The van der Waals surface area contributed by atoms with Crippen molar-refractivity contribution >= 4 is 5.91 Å².